The maximum absolute atomic E-state index is 9.34. The Morgan fingerprint density at radius 3 is 2.76 bits per heavy atom. The lowest BCUT2D eigenvalue weighted by Gasteiger charge is -2.33. The molecule has 33 heavy (non-hydrogen) atoms. The molecular weight excluding hydrogens is 414 g/mol. The van der Waals surface area contributed by atoms with Gasteiger partial charge in [-0.15, -0.1) is 10.2 Å². The molecule has 170 valence electrons. The first kappa shape index (κ1) is 21.6. The van der Waals surface area contributed by atoms with E-state index in [1.165, 1.54) is 25.8 Å². The maximum Gasteiger partial charge on any atom is 0.189 e. The summed E-state index contributed by atoms with van der Waals surface area (Å²) in [5, 5.41) is 24.3. The van der Waals surface area contributed by atoms with Gasteiger partial charge in [-0.3, -0.25) is 4.90 Å². The lowest BCUT2D eigenvalue weighted by Crippen LogP contribution is -2.43. The zero-order chi connectivity index (χ0) is 22.6. The molecule has 0 spiro atoms. The van der Waals surface area contributed by atoms with Crippen molar-refractivity contribution in [2.45, 2.75) is 44.7 Å². The number of aromatic nitrogens is 2. The molecule has 5 rings (SSSR count). The summed E-state index contributed by atoms with van der Waals surface area (Å²) in [5.41, 5.74) is 2.05. The highest BCUT2D eigenvalue weighted by atomic mass is 16.7. The van der Waals surface area contributed by atoms with Crippen LogP contribution in [0.4, 0.5) is 5.82 Å². The summed E-state index contributed by atoms with van der Waals surface area (Å²) in [6.07, 6.45) is 5.03. The van der Waals surface area contributed by atoms with E-state index in [2.05, 4.69) is 38.6 Å². The zero-order valence-electron chi connectivity index (χ0n) is 19.0. The molecule has 2 aliphatic rings. The minimum absolute atomic E-state index is 0.114. The number of hydrogen-bond acceptors (Lipinski definition) is 7. The highest BCUT2D eigenvalue weighted by Gasteiger charge is 2.32. The minimum atomic E-state index is 0.114. The molecule has 7 heteroatoms. The van der Waals surface area contributed by atoms with Crippen LogP contribution in [0.2, 0.25) is 0 Å². The molecule has 0 amide bonds. The number of anilines is 1. The normalized spacial score (nSPS) is 18.7. The van der Waals surface area contributed by atoms with Crippen LogP contribution in [0.1, 0.15) is 38.2 Å². The van der Waals surface area contributed by atoms with Gasteiger partial charge in [-0.1, -0.05) is 24.3 Å². The Kier molecular flexibility index (Phi) is 6.38. The number of benzene rings is 2. The summed E-state index contributed by atoms with van der Waals surface area (Å²) in [6.45, 7) is 4.85. The van der Waals surface area contributed by atoms with Gasteiger partial charge >= 0.3 is 0 Å². The Hall–Kier alpha value is -3.21. The number of likely N-dealkylation sites (tertiary alicyclic amines) is 1. The van der Waals surface area contributed by atoms with Crippen LogP contribution in [-0.4, -0.2) is 53.7 Å². The first-order valence-corrected chi connectivity index (χ1v) is 11.8. The van der Waals surface area contributed by atoms with Gasteiger partial charge < -0.3 is 14.8 Å². The minimum Gasteiger partial charge on any atom is -0.467 e. The standard InChI is InChI=1S/C26H29N5O2/c1-2-32-17-33-24-14-18(15-27)9-12-23(24)25-21-7-3-4-8-22(21)26(30-29-25)28-19-6-5-13-31(16-19)20-10-11-20/h3-4,7-9,12,14,19-20H,2,5-6,10-11,13,16-17H2,1H3,(H,28,30)/t19-/m1/s1. The van der Waals surface area contributed by atoms with Gasteiger partial charge in [-0.05, 0) is 57.4 Å². The third kappa shape index (κ3) is 4.77. The van der Waals surface area contributed by atoms with Gasteiger partial charge in [0.05, 0.1) is 11.6 Å². The molecular formula is C26H29N5O2. The third-order valence-electron chi connectivity index (χ3n) is 6.41. The van der Waals surface area contributed by atoms with Gasteiger partial charge in [0.25, 0.3) is 0 Å². The van der Waals surface area contributed by atoms with Crippen molar-refractivity contribution in [3.63, 3.8) is 0 Å². The van der Waals surface area contributed by atoms with Crippen molar-refractivity contribution in [2.75, 3.05) is 31.8 Å². The number of fused-ring (bicyclic) bond motifs is 1. The van der Waals surface area contributed by atoms with Gasteiger partial charge in [0.1, 0.15) is 11.4 Å². The fourth-order valence-corrected chi connectivity index (χ4v) is 4.59. The van der Waals surface area contributed by atoms with E-state index in [1.807, 2.05) is 25.1 Å². The number of nitrogens with zero attached hydrogens (tertiary/aromatic N) is 4. The number of rotatable bonds is 8. The van der Waals surface area contributed by atoms with E-state index in [1.54, 1.807) is 12.1 Å². The quantitative estimate of drug-likeness (QED) is 0.403. The fourth-order valence-electron chi connectivity index (χ4n) is 4.59. The van der Waals surface area contributed by atoms with Gasteiger partial charge in [0.2, 0.25) is 0 Å². The lowest BCUT2D eigenvalue weighted by atomic mass is 10.0. The number of piperidine rings is 1. The smallest absolute Gasteiger partial charge is 0.189 e. The summed E-state index contributed by atoms with van der Waals surface area (Å²) in [5.74, 6) is 1.39. The number of nitrogens with one attached hydrogen (secondary N) is 1. The van der Waals surface area contributed by atoms with Crippen LogP contribution >= 0.6 is 0 Å². The molecule has 7 nitrogen and oxygen atoms in total. The van der Waals surface area contributed by atoms with Crippen LogP contribution in [0.25, 0.3) is 22.0 Å². The maximum atomic E-state index is 9.34. The summed E-state index contributed by atoms with van der Waals surface area (Å²) < 4.78 is 11.2. The largest absolute Gasteiger partial charge is 0.467 e. The second-order valence-electron chi connectivity index (χ2n) is 8.73. The van der Waals surface area contributed by atoms with E-state index in [0.717, 1.165) is 46.9 Å². The number of ether oxygens (including phenoxy) is 2. The second kappa shape index (κ2) is 9.74. The Labute approximate surface area is 194 Å². The Bertz CT molecular complexity index is 1170. The molecule has 2 fully saturated rings. The molecule has 0 bridgehead atoms. The SMILES string of the molecule is CCOCOc1cc(C#N)ccc1-c1nnc(N[C@@H]2CCCN(C3CC3)C2)c2ccccc12. The Morgan fingerprint density at radius 1 is 1.12 bits per heavy atom. The molecule has 1 atom stereocenters. The van der Waals surface area contributed by atoms with Gasteiger partial charge in [0, 0.05) is 41.6 Å². The summed E-state index contributed by atoms with van der Waals surface area (Å²) >= 11 is 0. The molecule has 1 aliphatic carbocycles. The van der Waals surface area contributed by atoms with E-state index in [9.17, 15) is 5.26 Å². The molecule has 1 aromatic heterocycles. The number of hydrogen-bond donors (Lipinski definition) is 1. The van der Waals surface area contributed by atoms with Crippen LogP contribution in [0.5, 0.6) is 5.75 Å². The summed E-state index contributed by atoms with van der Waals surface area (Å²) in [6, 6.07) is 16.9. The average molecular weight is 444 g/mol. The van der Waals surface area contributed by atoms with Gasteiger partial charge in [-0.2, -0.15) is 5.26 Å². The summed E-state index contributed by atoms with van der Waals surface area (Å²) in [7, 11) is 0. The predicted octanol–water partition coefficient (Wildman–Crippen LogP) is 4.58. The topological polar surface area (TPSA) is 83.3 Å². The highest BCUT2D eigenvalue weighted by Crippen LogP contribution is 2.36. The molecule has 0 unspecified atom stereocenters. The van der Waals surface area contributed by atoms with Crippen molar-refractivity contribution < 1.29 is 9.47 Å². The van der Waals surface area contributed by atoms with Crippen LogP contribution in [-0.2, 0) is 4.74 Å². The molecule has 2 heterocycles. The van der Waals surface area contributed by atoms with Crippen molar-refractivity contribution in [3.8, 4) is 23.1 Å². The fraction of sp³-hybridized carbons (Fsp3) is 0.423. The predicted molar refractivity (Wildman–Crippen MR) is 128 cm³/mol. The lowest BCUT2D eigenvalue weighted by molar-refractivity contribution is 0.0227. The molecule has 1 N–H and O–H groups in total. The first-order chi connectivity index (χ1) is 16.3. The van der Waals surface area contributed by atoms with Crippen LogP contribution in [0.3, 0.4) is 0 Å². The molecule has 0 radical (unpaired) electrons. The van der Waals surface area contributed by atoms with Crippen molar-refractivity contribution in [3.05, 3.63) is 48.0 Å². The monoisotopic (exact) mass is 443 g/mol. The molecule has 1 saturated heterocycles. The summed E-state index contributed by atoms with van der Waals surface area (Å²) in [4.78, 5) is 2.61. The van der Waals surface area contributed by atoms with E-state index in [-0.39, 0.29) is 6.79 Å². The van der Waals surface area contributed by atoms with E-state index in [0.29, 0.717) is 24.0 Å². The third-order valence-corrected chi connectivity index (χ3v) is 6.41. The first-order valence-electron chi connectivity index (χ1n) is 11.8. The van der Waals surface area contributed by atoms with Crippen molar-refractivity contribution >= 4 is 16.6 Å². The Morgan fingerprint density at radius 2 is 1.97 bits per heavy atom. The van der Waals surface area contributed by atoms with Crippen molar-refractivity contribution in [1.29, 1.82) is 5.26 Å². The molecule has 2 aromatic carbocycles. The zero-order valence-corrected chi connectivity index (χ0v) is 19.0. The van der Waals surface area contributed by atoms with Crippen LogP contribution in [0, 0.1) is 11.3 Å². The molecule has 1 saturated carbocycles. The van der Waals surface area contributed by atoms with Crippen LogP contribution < -0.4 is 10.1 Å². The number of nitriles is 1. The van der Waals surface area contributed by atoms with Crippen molar-refractivity contribution in [2.24, 2.45) is 0 Å². The van der Waals surface area contributed by atoms with Gasteiger partial charge in [-0.25, -0.2) is 0 Å². The molecule has 1 aliphatic heterocycles. The van der Waals surface area contributed by atoms with Crippen LogP contribution in [0.15, 0.2) is 42.5 Å². The van der Waals surface area contributed by atoms with E-state index >= 15 is 0 Å². The molecule has 3 aromatic rings. The van der Waals surface area contributed by atoms with Gasteiger partial charge in [0.15, 0.2) is 12.6 Å². The highest BCUT2D eigenvalue weighted by molar-refractivity contribution is 6.01. The average Bonchev–Trinajstić information content (AvgIpc) is 3.71. The second-order valence-corrected chi connectivity index (χ2v) is 8.73. The Balaban J connectivity index is 1.48. The van der Waals surface area contributed by atoms with E-state index < -0.39 is 0 Å². The van der Waals surface area contributed by atoms with Crippen molar-refractivity contribution in [1.82, 2.24) is 15.1 Å². The van der Waals surface area contributed by atoms with E-state index in [4.69, 9.17) is 9.47 Å².